The number of amides is 1. The van der Waals surface area contributed by atoms with E-state index >= 15 is 0 Å². The largest absolute Gasteiger partial charge is 0.370 e. The Morgan fingerprint density at radius 1 is 2.00 bits per heavy atom. The van der Waals surface area contributed by atoms with Crippen molar-refractivity contribution in [2.75, 3.05) is 0 Å². The van der Waals surface area contributed by atoms with Crippen molar-refractivity contribution in [2.45, 2.75) is 26.7 Å². The predicted molar refractivity (Wildman–Crippen MR) is 33.3 cm³/mol. The van der Waals surface area contributed by atoms with Gasteiger partial charge in [0.1, 0.15) is 0 Å². The second-order valence-corrected chi connectivity index (χ2v) is 1.98. The third kappa shape index (κ3) is 3.65. The van der Waals surface area contributed by atoms with E-state index < -0.39 is 0 Å². The molecule has 0 unspecified atom stereocenters. The minimum Gasteiger partial charge on any atom is -0.370 e. The number of rotatable bonds is 3. The first kappa shape index (κ1) is 5.60. The number of nitrogens with two attached hydrogens (primary N) is 1. The quantitative estimate of drug-likeness (QED) is 0.585. The number of carbonyl (C=O) groups excluding carboxylic acids is 1. The van der Waals surface area contributed by atoms with Crippen molar-refractivity contribution < 1.29 is 6.17 Å². The van der Waals surface area contributed by atoms with Crippen molar-refractivity contribution >= 4 is 5.91 Å². The van der Waals surface area contributed by atoms with Gasteiger partial charge in [0, 0.05) is 7.79 Å². The number of primary amides is 1. The van der Waals surface area contributed by atoms with E-state index in [0.29, 0.717) is 6.42 Å². The summed E-state index contributed by atoms with van der Waals surface area (Å²) in [5.74, 6) is -0.232. The zero-order valence-corrected chi connectivity index (χ0v) is 5.35. The van der Waals surface area contributed by atoms with Crippen LogP contribution in [0.1, 0.15) is 28.0 Å². The summed E-state index contributed by atoms with van der Waals surface area (Å²) in [5, 5.41) is 0. The van der Waals surface area contributed by atoms with Crippen LogP contribution in [0.2, 0.25) is 0 Å². The highest BCUT2D eigenvalue weighted by Crippen LogP contribution is 2.03. The van der Waals surface area contributed by atoms with Gasteiger partial charge in [-0.15, -0.1) is 0 Å². The molecule has 2 heteroatoms. The van der Waals surface area contributed by atoms with Crippen LogP contribution in [0.25, 0.3) is 0 Å². The summed E-state index contributed by atoms with van der Waals surface area (Å²) in [7, 11) is 0. The van der Waals surface area contributed by atoms with Gasteiger partial charge in [-0.3, -0.25) is 4.79 Å². The lowest BCUT2D eigenvalue weighted by Crippen LogP contribution is -2.13. The van der Waals surface area contributed by atoms with Crippen LogP contribution < -0.4 is 5.73 Å². The molecule has 2 nitrogen and oxygen atoms in total. The first-order chi connectivity index (χ1) is 4.04. The number of hydrogen-bond acceptors (Lipinski definition) is 1. The second-order valence-electron chi connectivity index (χ2n) is 1.98. The lowest BCUT2D eigenvalue weighted by Gasteiger charge is -2.01. The summed E-state index contributed by atoms with van der Waals surface area (Å²) in [4.78, 5) is 10.3. The molecule has 0 aromatic heterocycles. The Kier molecular flexibility index (Phi) is 2.43. The van der Waals surface area contributed by atoms with Crippen molar-refractivity contribution in [3.63, 3.8) is 0 Å². The van der Waals surface area contributed by atoms with E-state index in [1.807, 2.05) is 6.92 Å². The fourth-order valence-electron chi connectivity index (χ4n) is 0.435. The minimum atomic E-state index is -0.318. The van der Waals surface area contributed by atoms with Crippen LogP contribution in [-0.4, -0.2) is 5.91 Å². The van der Waals surface area contributed by atoms with Gasteiger partial charge in [0.2, 0.25) is 5.91 Å². The molecule has 8 heavy (non-hydrogen) atoms. The molecule has 0 spiro atoms. The van der Waals surface area contributed by atoms with Crippen LogP contribution in [-0.2, 0) is 4.79 Å². The summed E-state index contributed by atoms with van der Waals surface area (Å²) in [6, 6.07) is 0. The molecule has 0 bridgehead atoms. The standard InChI is InChI=1S/C6H13NO/c1-3-5(2)4-6(7)8/h5H,3-4H2,1-2H3,(H2,7,8)/t5-/m0/s1/i3D/t3-,5+/m1. The van der Waals surface area contributed by atoms with Gasteiger partial charge in [-0.2, -0.15) is 0 Å². The van der Waals surface area contributed by atoms with Crippen molar-refractivity contribution in [2.24, 2.45) is 11.7 Å². The van der Waals surface area contributed by atoms with Crippen molar-refractivity contribution in [1.82, 2.24) is 0 Å². The maximum atomic E-state index is 10.3. The third-order valence-electron chi connectivity index (χ3n) is 1.09. The van der Waals surface area contributed by atoms with Gasteiger partial charge >= 0.3 is 0 Å². The second kappa shape index (κ2) is 3.47. The van der Waals surface area contributed by atoms with Gasteiger partial charge < -0.3 is 5.73 Å². The smallest absolute Gasteiger partial charge is 0.217 e. The Hall–Kier alpha value is -0.530. The van der Waals surface area contributed by atoms with Crippen LogP contribution in [0.15, 0.2) is 0 Å². The van der Waals surface area contributed by atoms with E-state index in [0.717, 1.165) is 0 Å². The number of carbonyl (C=O) groups is 1. The van der Waals surface area contributed by atoms with Gasteiger partial charge in [0.15, 0.2) is 0 Å². The Bertz CT molecular complexity index is 103. The molecule has 0 aromatic rings. The van der Waals surface area contributed by atoms with Crippen LogP contribution in [0.5, 0.6) is 0 Å². The molecule has 0 aliphatic rings. The maximum Gasteiger partial charge on any atom is 0.217 e. The van der Waals surface area contributed by atoms with Crippen LogP contribution in [0.4, 0.5) is 0 Å². The summed E-state index contributed by atoms with van der Waals surface area (Å²) in [6.07, 6.45) is 0.127. The molecule has 0 aliphatic carbocycles. The van der Waals surface area contributed by atoms with Crippen molar-refractivity contribution in [3.8, 4) is 0 Å². The highest BCUT2D eigenvalue weighted by Gasteiger charge is 2.00. The van der Waals surface area contributed by atoms with Crippen molar-refractivity contribution in [3.05, 3.63) is 0 Å². The Morgan fingerprint density at radius 2 is 2.50 bits per heavy atom. The molecule has 2 N–H and O–H groups in total. The average Bonchev–Trinajstić information content (AvgIpc) is 1.63. The van der Waals surface area contributed by atoms with Crippen LogP contribution in [0.3, 0.4) is 0 Å². The molecular formula is C6H13NO. The average molecular weight is 116 g/mol. The first-order valence-electron chi connectivity index (χ1n) is 3.32. The van der Waals surface area contributed by atoms with E-state index in [1.165, 1.54) is 0 Å². The minimum absolute atomic E-state index is 0.0856. The molecule has 0 fully saturated rings. The number of hydrogen-bond donors (Lipinski definition) is 1. The Morgan fingerprint density at radius 3 is 2.62 bits per heavy atom. The molecule has 0 radical (unpaired) electrons. The van der Waals surface area contributed by atoms with Gasteiger partial charge in [0.05, 0.1) is 0 Å². The fraction of sp³-hybridized carbons (Fsp3) is 0.833. The lowest BCUT2D eigenvalue weighted by molar-refractivity contribution is -0.118. The molecule has 48 valence electrons. The van der Waals surface area contributed by atoms with E-state index in [-0.39, 0.29) is 18.2 Å². The maximum absolute atomic E-state index is 10.3. The summed E-state index contributed by atoms with van der Waals surface area (Å²) in [6.45, 7) is 3.61. The normalized spacial score (nSPS) is 19.0. The Balaban J connectivity index is 3.50. The molecule has 0 aliphatic heterocycles. The van der Waals surface area contributed by atoms with Crippen molar-refractivity contribution in [1.29, 1.82) is 0 Å². The first-order valence-corrected chi connectivity index (χ1v) is 2.74. The Labute approximate surface area is 51.5 Å². The van der Waals surface area contributed by atoms with Crippen LogP contribution >= 0.6 is 0 Å². The highest BCUT2D eigenvalue weighted by molar-refractivity contribution is 5.73. The van der Waals surface area contributed by atoms with E-state index in [4.69, 9.17) is 7.10 Å². The van der Waals surface area contributed by atoms with Crippen LogP contribution in [0, 0.1) is 5.92 Å². The molecular weight excluding hydrogens is 102 g/mol. The van der Waals surface area contributed by atoms with Gasteiger partial charge in [-0.1, -0.05) is 20.2 Å². The molecule has 1 amide bonds. The highest BCUT2D eigenvalue weighted by atomic mass is 16.1. The molecule has 0 rings (SSSR count). The molecule has 2 atom stereocenters. The topological polar surface area (TPSA) is 43.1 Å². The summed E-state index contributed by atoms with van der Waals surface area (Å²) >= 11 is 0. The monoisotopic (exact) mass is 116 g/mol. The zero-order chi connectivity index (χ0) is 7.44. The lowest BCUT2D eigenvalue weighted by atomic mass is 10.1. The van der Waals surface area contributed by atoms with E-state index in [1.54, 1.807) is 6.92 Å². The molecule has 0 aromatic carbocycles. The fourth-order valence-corrected chi connectivity index (χ4v) is 0.435. The molecule has 0 saturated carbocycles. The SMILES string of the molecule is [2H][C@H](C)[C@H](C)CC(N)=O. The van der Waals surface area contributed by atoms with Gasteiger partial charge in [-0.05, 0) is 5.92 Å². The predicted octanol–water partition coefficient (Wildman–Crippen LogP) is 0.908. The molecule has 0 heterocycles. The summed E-state index contributed by atoms with van der Waals surface area (Å²) in [5.41, 5.74) is 4.91. The van der Waals surface area contributed by atoms with Gasteiger partial charge in [0.25, 0.3) is 0 Å². The van der Waals surface area contributed by atoms with E-state index in [2.05, 4.69) is 0 Å². The summed E-state index contributed by atoms with van der Waals surface area (Å²) < 4.78 is 7.17. The van der Waals surface area contributed by atoms with E-state index in [9.17, 15) is 4.79 Å². The van der Waals surface area contributed by atoms with Gasteiger partial charge in [-0.25, -0.2) is 0 Å². The molecule has 0 saturated heterocycles. The zero-order valence-electron chi connectivity index (χ0n) is 6.35. The third-order valence-corrected chi connectivity index (χ3v) is 1.09.